The van der Waals surface area contributed by atoms with Gasteiger partial charge in [0.05, 0.1) is 25.0 Å². The number of likely N-dealkylation sites (tertiary alicyclic amines) is 1. The summed E-state index contributed by atoms with van der Waals surface area (Å²) in [6.45, 7) is 3.68. The van der Waals surface area contributed by atoms with E-state index in [4.69, 9.17) is 13.9 Å². The lowest BCUT2D eigenvalue weighted by molar-refractivity contribution is 0.0302. The highest BCUT2D eigenvalue weighted by Gasteiger charge is 2.25. The lowest BCUT2D eigenvalue weighted by Gasteiger charge is -2.32. The van der Waals surface area contributed by atoms with Crippen LogP contribution in [0, 0.1) is 0 Å². The molecule has 4 rings (SSSR count). The van der Waals surface area contributed by atoms with Gasteiger partial charge in [-0.3, -0.25) is 9.59 Å². The van der Waals surface area contributed by atoms with Crippen molar-refractivity contribution in [1.29, 1.82) is 0 Å². The Hall–Kier alpha value is -2.80. The molecule has 1 aromatic heterocycles. The lowest BCUT2D eigenvalue weighted by Crippen LogP contribution is -2.41. The topological polar surface area (TPSA) is 72.2 Å². The molecule has 0 radical (unpaired) electrons. The second kappa shape index (κ2) is 8.48. The highest BCUT2D eigenvalue weighted by molar-refractivity contribution is 5.95. The molecule has 2 saturated heterocycles. The number of hydrogen-bond donors (Lipinski definition) is 0. The van der Waals surface area contributed by atoms with Crippen molar-refractivity contribution < 1.29 is 23.5 Å². The molecule has 3 heterocycles. The Labute approximate surface area is 163 Å². The molecule has 0 unspecified atom stereocenters. The second-order valence-electron chi connectivity index (χ2n) is 7.05. The summed E-state index contributed by atoms with van der Waals surface area (Å²) in [5.74, 6) is 0.693. The summed E-state index contributed by atoms with van der Waals surface area (Å²) in [6, 6.07) is 9.03. The predicted octanol–water partition coefficient (Wildman–Crippen LogP) is 2.44. The van der Waals surface area contributed by atoms with Crippen molar-refractivity contribution in [1.82, 2.24) is 9.80 Å². The number of hydrogen-bond acceptors (Lipinski definition) is 5. The van der Waals surface area contributed by atoms with E-state index in [9.17, 15) is 9.59 Å². The van der Waals surface area contributed by atoms with Gasteiger partial charge >= 0.3 is 0 Å². The number of amides is 2. The Kier molecular flexibility index (Phi) is 5.62. The molecule has 0 bridgehead atoms. The molecule has 2 aromatic rings. The maximum atomic E-state index is 12.6. The minimum absolute atomic E-state index is 0.00859. The second-order valence-corrected chi connectivity index (χ2v) is 7.05. The maximum absolute atomic E-state index is 12.6. The van der Waals surface area contributed by atoms with Crippen LogP contribution in [0.3, 0.4) is 0 Å². The van der Waals surface area contributed by atoms with Crippen LogP contribution in [0.1, 0.15) is 33.6 Å². The Bertz CT molecular complexity index is 806. The van der Waals surface area contributed by atoms with Gasteiger partial charge in [-0.25, -0.2) is 0 Å². The van der Waals surface area contributed by atoms with Crippen molar-refractivity contribution in [2.45, 2.75) is 18.9 Å². The molecular formula is C21H24N2O5. The summed E-state index contributed by atoms with van der Waals surface area (Å²) in [4.78, 5) is 28.6. The SMILES string of the molecule is O=C(c1cccc(OC2CCN(C(=O)c3ccoc3)CC2)c1)N1CCOCC1. The highest BCUT2D eigenvalue weighted by Crippen LogP contribution is 2.22. The van der Waals surface area contributed by atoms with Gasteiger partial charge < -0.3 is 23.7 Å². The van der Waals surface area contributed by atoms with Crippen LogP contribution in [0.4, 0.5) is 0 Å². The van der Waals surface area contributed by atoms with Crippen LogP contribution in [-0.2, 0) is 4.74 Å². The van der Waals surface area contributed by atoms with Crippen molar-refractivity contribution in [2.24, 2.45) is 0 Å². The van der Waals surface area contributed by atoms with Crippen molar-refractivity contribution in [3.63, 3.8) is 0 Å². The summed E-state index contributed by atoms with van der Waals surface area (Å²) in [6.07, 6.45) is 4.52. The zero-order valence-corrected chi connectivity index (χ0v) is 15.7. The molecule has 2 aliphatic heterocycles. The maximum Gasteiger partial charge on any atom is 0.257 e. The third-order valence-electron chi connectivity index (χ3n) is 5.18. The molecule has 2 fully saturated rings. The molecule has 2 amide bonds. The fraction of sp³-hybridized carbons (Fsp3) is 0.429. The third kappa shape index (κ3) is 4.20. The van der Waals surface area contributed by atoms with Gasteiger partial charge in [0.15, 0.2) is 0 Å². The summed E-state index contributed by atoms with van der Waals surface area (Å²) >= 11 is 0. The quantitative estimate of drug-likeness (QED) is 0.810. The average molecular weight is 384 g/mol. The summed E-state index contributed by atoms with van der Waals surface area (Å²) < 4.78 is 16.4. The number of benzene rings is 1. The summed E-state index contributed by atoms with van der Waals surface area (Å²) in [5, 5.41) is 0. The Morgan fingerprint density at radius 1 is 0.929 bits per heavy atom. The fourth-order valence-corrected chi connectivity index (χ4v) is 3.59. The van der Waals surface area contributed by atoms with Crippen molar-refractivity contribution in [3.05, 3.63) is 54.0 Å². The van der Waals surface area contributed by atoms with Crippen LogP contribution >= 0.6 is 0 Å². The van der Waals surface area contributed by atoms with Gasteiger partial charge in [-0.15, -0.1) is 0 Å². The summed E-state index contributed by atoms with van der Waals surface area (Å²) in [5.41, 5.74) is 1.21. The van der Waals surface area contributed by atoms with E-state index in [1.165, 1.54) is 12.5 Å². The van der Waals surface area contributed by atoms with Gasteiger partial charge in [0.25, 0.3) is 11.8 Å². The van der Waals surface area contributed by atoms with Crippen molar-refractivity contribution in [3.8, 4) is 5.75 Å². The van der Waals surface area contributed by atoms with E-state index >= 15 is 0 Å². The number of carbonyl (C=O) groups excluding carboxylic acids is 2. The number of piperidine rings is 1. The first-order chi connectivity index (χ1) is 13.7. The minimum atomic E-state index is -0.00898. The van der Waals surface area contributed by atoms with Crippen molar-refractivity contribution >= 4 is 11.8 Å². The molecule has 2 aliphatic rings. The highest BCUT2D eigenvalue weighted by atomic mass is 16.5. The zero-order valence-electron chi connectivity index (χ0n) is 15.7. The van der Waals surface area contributed by atoms with Gasteiger partial charge in [-0.2, -0.15) is 0 Å². The molecule has 7 heteroatoms. The van der Waals surface area contributed by atoms with Crippen LogP contribution in [0.25, 0.3) is 0 Å². The lowest BCUT2D eigenvalue weighted by atomic mass is 10.1. The van der Waals surface area contributed by atoms with E-state index in [0.29, 0.717) is 56.3 Å². The van der Waals surface area contributed by atoms with Crippen LogP contribution in [0.15, 0.2) is 47.3 Å². The minimum Gasteiger partial charge on any atom is -0.490 e. The van der Waals surface area contributed by atoms with Crippen LogP contribution in [0.2, 0.25) is 0 Å². The standard InChI is InChI=1S/C21H24N2O5/c24-20(23-9-12-26-13-10-23)16-2-1-3-19(14-16)28-18-4-7-22(8-5-18)21(25)17-6-11-27-15-17/h1-3,6,11,14-15,18H,4-5,7-10,12-13H2. The molecule has 0 N–H and O–H groups in total. The molecule has 0 saturated carbocycles. The number of morpholine rings is 1. The van der Waals surface area contributed by atoms with Crippen molar-refractivity contribution in [2.75, 3.05) is 39.4 Å². The van der Waals surface area contributed by atoms with E-state index in [0.717, 1.165) is 12.8 Å². The fourth-order valence-electron chi connectivity index (χ4n) is 3.59. The molecule has 7 nitrogen and oxygen atoms in total. The van der Waals surface area contributed by atoms with E-state index in [2.05, 4.69) is 0 Å². The predicted molar refractivity (Wildman–Crippen MR) is 101 cm³/mol. The Morgan fingerprint density at radius 2 is 1.64 bits per heavy atom. The molecule has 0 aliphatic carbocycles. The van der Waals surface area contributed by atoms with Gasteiger partial charge in [-0.05, 0) is 24.3 Å². The molecule has 148 valence electrons. The number of carbonyl (C=O) groups is 2. The first kappa shape index (κ1) is 18.6. The molecule has 0 atom stereocenters. The first-order valence-corrected chi connectivity index (χ1v) is 9.66. The van der Waals surface area contributed by atoms with E-state index in [1.54, 1.807) is 12.1 Å². The molecule has 0 spiro atoms. The Morgan fingerprint density at radius 3 is 2.36 bits per heavy atom. The van der Waals surface area contributed by atoms with Crippen LogP contribution in [0.5, 0.6) is 5.75 Å². The first-order valence-electron chi connectivity index (χ1n) is 9.66. The van der Waals surface area contributed by atoms with Gasteiger partial charge in [0.2, 0.25) is 0 Å². The average Bonchev–Trinajstić information content (AvgIpc) is 3.29. The van der Waals surface area contributed by atoms with Gasteiger partial charge in [0, 0.05) is 44.6 Å². The molecule has 28 heavy (non-hydrogen) atoms. The van der Waals surface area contributed by atoms with Crippen LogP contribution in [-0.4, -0.2) is 67.1 Å². The Balaban J connectivity index is 1.33. The largest absolute Gasteiger partial charge is 0.490 e. The number of furan rings is 1. The molecular weight excluding hydrogens is 360 g/mol. The van der Waals surface area contributed by atoms with E-state index in [-0.39, 0.29) is 17.9 Å². The normalized spacial score (nSPS) is 18.1. The smallest absolute Gasteiger partial charge is 0.257 e. The third-order valence-corrected chi connectivity index (χ3v) is 5.18. The number of ether oxygens (including phenoxy) is 2. The van der Waals surface area contributed by atoms with Gasteiger partial charge in [0.1, 0.15) is 18.1 Å². The van der Waals surface area contributed by atoms with E-state index < -0.39 is 0 Å². The molecule has 1 aromatic carbocycles. The van der Waals surface area contributed by atoms with E-state index in [1.807, 2.05) is 28.0 Å². The van der Waals surface area contributed by atoms with Gasteiger partial charge in [-0.1, -0.05) is 6.07 Å². The monoisotopic (exact) mass is 384 g/mol. The van der Waals surface area contributed by atoms with Crippen LogP contribution < -0.4 is 4.74 Å². The number of nitrogens with zero attached hydrogens (tertiary/aromatic N) is 2. The summed E-state index contributed by atoms with van der Waals surface area (Å²) in [7, 11) is 0. The zero-order chi connectivity index (χ0) is 19.3. The number of rotatable bonds is 4.